The summed E-state index contributed by atoms with van der Waals surface area (Å²) in [6.45, 7) is 2.06. The molecular weight excluding hydrogens is 332 g/mol. The maximum atomic E-state index is 4.81. The van der Waals surface area contributed by atoms with Gasteiger partial charge in [0.2, 0.25) is 0 Å². The van der Waals surface area contributed by atoms with Crippen LogP contribution in [-0.4, -0.2) is 28.9 Å². The second-order valence-electron chi connectivity index (χ2n) is 6.78. The van der Waals surface area contributed by atoms with Crippen molar-refractivity contribution in [2.45, 2.75) is 25.2 Å². The summed E-state index contributed by atoms with van der Waals surface area (Å²) in [5.41, 5.74) is 6.42. The van der Waals surface area contributed by atoms with Gasteiger partial charge in [0, 0.05) is 31.1 Å². The van der Waals surface area contributed by atoms with E-state index in [1.165, 1.54) is 17.1 Å². The Morgan fingerprint density at radius 2 is 2.08 bits per heavy atom. The Balaban J connectivity index is 1.48. The SMILES string of the molecule is Cc1snc2ccc(-c3cc([C@H]4C[C@@H]4c4cnn(C)c4)nn3C)nc12. The molecule has 0 amide bonds. The van der Waals surface area contributed by atoms with Crippen molar-refractivity contribution in [3.05, 3.63) is 46.7 Å². The molecule has 1 fully saturated rings. The smallest absolute Gasteiger partial charge is 0.105 e. The first kappa shape index (κ1) is 14.8. The second kappa shape index (κ2) is 5.23. The number of pyridine rings is 1. The van der Waals surface area contributed by atoms with Crippen LogP contribution in [-0.2, 0) is 14.1 Å². The van der Waals surface area contributed by atoms with Crippen molar-refractivity contribution in [3.8, 4) is 11.4 Å². The van der Waals surface area contributed by atoms with Gasteiger partial charge in [-0.1, -0.05) is 0 Å². The lowest BCUT2D eigenvalue weighted by atomic mass is 10.1. The first-order valence-corrected chi connectivity index (χ1v) is 9.13. The predicted octanol–water partition coefficient (Wildman–Crippen LogP) is 3.40. The van der Waals surface area contributed by atoms with Crippen molar-refractivity contribution in [1.82, 2.24) is 28.9 Å². The molecule has 25 heavy (non-hydrogen) atoms. The maximum Gasteiger partial charge on any atom is 0.105 e. The largest absolute Gasteiger partial charge is 0.276 e. The Kier molecular flexibility index (Phi) is 3.09. The summed E-state index contributed by atoms with van der Waals surface area (Å²) in [4.78, 5) is 5.96. The van der Waals surface area contributed by atoms with E-state index in [9.17, 15) is 0 Å². The molecule has 5 rings (SSSR count). The summed E-state index contributed by atoms with van der Waals surface area (Å²) in [7, 11) is 3.95. The molecule has 1 aliphatic carbocycles. The fraction of sp³-hybridized carbons (Fsp3) is 0.333. The lowest BCUT2D eigenvalue weighted by molar-refractivity contribution is 0.745. The minimum atomic E-state index is 0.484. The quantitative estimate of drug-likeness (QED) is 0.568. The van der Waals surface area contributed by atoms with Crippen molar-refractivity contribution in [3.63, 3.8) is 0 Å². The van der Waals surface area contributed by atoms with Gasteiger partial charge >= 0.3 is 0 Å². The first-order valence-electron chi connectivity index (χ1n) is 8.36. The van der Waals surface area contributed by atoms with Gasteiger partial charge in [0.25, 0.3) is 0 Å². The van der Waals surface area contributed by atoms with Crippen LogP contribution < -0.4 is 0 Å². The minimum Gasteiger partial charge on any atom is -0.276 e. The Morgan fingerprint density at radius 1 is 1.20 bits per heavy atom. The van der Waals surface area contributed by atoms with E-state index >= 15 is 0 Å². The highest BCUT2D eigenvalue weighted by Gasteiger charge is 2.42. The molecule has 0 aromatic carbocycles. The number of nitrogens with zero attached hydrogens (tertiary/aromatic N) is 6. The summed E-state index contributed by atoms with van der Waals surface area (Å²) in [6.07, 6.45) is 5.22. The number of hydrogen-bond donors (Lipinski definition) is 0. The first-order chi connectivity index (χ1) is 12.1. The Morgan fingerprint density at radius 3 is 2.88 bits per heavy atom. The third-order valence-corrected chi connectivity index (χ3v) is 5.73. The molecule has 0 radical (unpaired) electrons. The summed E-state index contributed by atoms with van der Waals surface area (Å²) < 4.78 is 8.22. The van der Waals surface area contributed by atoms with E-state index in [0.717, 1.165) is 39.4 Å². The van der Waals surface area contributed by atoms with Gasteiger partial charge in [-0.15, -0.1) is 0 Å². The monoisotopic (exact) mass is 350 g/mol. The molecule has 1 saturated carbocycles. The topological polar surface area (TPSA) is 61.4 Å². The summed E-state index contributed by atoms with van der Waals surface area (Å²) >= 11 is 1.50. The van der Waals surface area contributed by atoms with Crippen molar-refractivity contribution in [2.24, 2.45) is 14.1 Å². The van der Waals surface area contributed by atoms with Gasteiger partial charge in [-0.3, -0.25) is 9.36 Å². The average molecular weight is 350 g/mol. The van der Waals surface area contributed by atoms with Gasteiger partial charge in [0.05, 0.1) is 23.3 Å². The predicted molar refractivity (Wildman–Crippen MR) is 97.7 cm³/mol. The van der Waals surface area contributed by atoms with Crippen LogP contribution in [0.5, 0.6) is 0 Å². The van der Waals surface area contributed by atoms with E-state index in [1.807, 2.05) is 41.8 Å². The molecule has 0 aliphatic heterocycles. The van der Waals surface area contributed by atoms with Crippen LogP contribution in [0, 0.1) is 6.92 Å². The van der Waals surface area contributed by atoms with Crippen LogP contribution in [0.15, 0.2) is 30.6 Å². The molecule has 126 valence electrons. The molecule has 0 saturated heterocycles. The molecule has 0 unspecified atom stereocenters. The van der Waals surface area contributed by atoms with Crippen LogP contribution in [0.4, 0.5) is 0 Å². The van der Waals surface area contributed by atoms with E-state index in [1.54, 1.807) is 0 Å². The Bertz CT molecular complexity index is 1090. The van der Waals surface area contributed by atoms with Crippen LogP contribution in [0.2, 0.25) is 0 Å². The van der Waals surface area contributed by atoms with Crippen molar-refractivity contribution < 1.29 is 0 Å². The highest BCUT2D eigenvalue weighted by atomic mass is 32.1. The number of aryl methyl sites for hydroxylation is 3. The number of fused-ring (bicyclic) bond motifs is 1. The molecule has 0 N–H and O–H groups in total. The zero-order valence-corrected chi connectivity index (χ0v) is 15.2. The zero-order chi connectivity index (χ0) is 17.1. The fourth-order valence-corrected chi connectivity index (χ4v) is 4.14. The van der Waals surface area contributed by atoms with E-state index in [4.69, 9.17) is 10.1 Å². The molecule has 0 spiro atoms. The van der Waals surface area contributed by atoms with Crippen molar-refractivity contribution in [2.75, 3.05) is 0 Å². The van der Waals surface area contributed by atoms with Gasteiger partial charge in [0.15, 0.2) is 0 Å². The molecule has 1 aliphatic rings. The zero-order valence-electron chi connectivity index (χ0n) is 14.3. The van der Waals surface area contributed by atoms with E-state index in [0.29, 0.717) is 11.8 Å². The second-order valence-corrected chi connectivity index (χ2v) is 7.75. The van der Waals surface area contributed by atoms with E-state index in [2.05, 4.69) is 28.7 Å². The summed E-state index contributed by atoms with van der Waals surface area (Å²) in [5, 5.41) is 9.04. The van der Waals surface area contributed by atoms with E-state index < -0.39 is 0 Å². The molecule has 4 heterocycles. The number of rotatable bonds is 3. The Hall–Kier alpha value is -2.54. The number of aromatic nitrogens is 6. The van der Waals surface area contributed by atoms with Gasteiger partial charge in [-0.05, 0) is 54.6 Å². The van der Waals surface area contributed by atoms with Crippen molar-refractivity contribution in [1.29, 1.82) is 0 Å². The summed E-state index contributed by atoms with van der Waals surface area (Å²) in [5.74, 6) is 1.02. The lowest BCUT2D eigenvalue weighted by Gasteiger charge is -2.00. The standard InChI is InChI=1S/C18H18N6S/c1-10-18-15(22-25-10)5-4-14(20-18)17-7-16(21-24(17)3)13-6-12(13)11-8-19-23(2)9-11/h4-5,7-9,12-13H,6H2,1-3H3/t12-,13+/m1/s1. The third-order valence-electron chi connectivity index (χ3n) is 4.97. The van der Waals surface area contributed by atoms with Crippen LogP contribution in [0.1, 0.15) is 34.4 Å². The third kappa shape index (κ3) is 2.38. The maximum absolute atomic E-state index is 4.81. The summed E-state index contributed by atoms with van der Waals surface area (Å²) in [6, 6.07) is 6.27. The highest BCUT2D eigenvalue weighted by molar-refractivity contribution is 7.07. The van der Waals surface area contributed by atoms with E-state index in [-0.39, 0.29) is 0 Å². The highest BCUT2D eigenvalue weighted by Crippen LogP contribution is 2.54. The Labute approximate surface area is 149 Å². The molecule has 0 bridgehead atoms. The van der Waals surface area contributed by atoms with Crippen LogP contribution in [0.25, 0.3) is 22.4 Å². The van der Waals surface area contributed by atoms with Crippen LogP contribution >= 0.6 is 11.5 Å². The van der Waals surface area contributed by atoms with Gasteiger partial charge in [-0.25, -0.2) is 4.98 Å². The molecular formula is C18H18N6S. The lowest BCUT2D eigenvalue weighted by Crippen LogP contribution is -1.96. The molecule has 4 aromatic heterocycles. The normalized spacial score (nSPS) is 19.6. The molecule has 4 aromatic rings. The average Bonchev–Trinajstić information content (AvgIpc) is 2.91. The number of hydrogen-bond acceptors (Lipinski definition) is 5. The minimum absolute atomic E-state index is 0.484. The van der Waals surface area contributed by atoms with Gasteiger partial charge in [-0.2, -0.15) is 14.6 Å². The van der Waals surface area contributed by atoms with Crippen molar-refractivity contribution >= 4 is 22.6 Å². The molecule has 6 nitrogen and oxygen atoms in total. The molecule has 7 heteroatoms. The van der Waals surface area contributed by atoms with Gasteiger partial charge < -0.3 is 0 Å². The fourth-order valence-electron chi connectivity index (χ4n) is 3.52. The van der Waals surface area contributed by atoms with Gasteiger partial charge in [0.1, 0.15) is 11.0 Å². The van der Waals surface area contributed by atoms with Crippen LogP contribution in [0.3, 0.4) is 0 Å². The molecule has 2 atom stereocenters.